The SMILES string of the molecule is COc1c2c(c(OC)c3c(CNC4CCN(C(=O)OC(C)(C)C)C4)csc13)C(=O)c1ccccc1C2=O. The van der Waals surface area contributed by atoms with Gasteiger partial charge in [-0.25, -0.2) is 4.79 Å². The van der Waals surface area contributed by atoms with Gasteiger partial charge in [0.05, 0.1) is 30.0 Å². The normalized spacial score (nSPS) is 17.1. The van der Waals surface area contributed by atoms with Crippen LogP contribution in [0.1, 0.15) is 64.6 Å². The van der Waals surface area contributed by atoms with E-state index in [2.05, 4.69) is 5.32 Å². The minimum atomic E-state index is -0.535. The fourth-order valence-corrected chi connectivity index (χ4v) is 6.15. The van der Waals surface area contributed by atoms with Crippen molar-refractivity contribution in [1.29, 1.82) is 0 Å². The molecule has 2 heterocycles. The number of fused-ring (bicyclic) bond motifs is 3. The lowest BCUT2D eigenvalue weighted by Crippen LogP contribution is -2.38. The van der Waals surface area contributed by atoms with Crippen LogP contribution in [0.4, 0.5) is 4.79 Å². The van der Waals surface area contributed by atoms with Crippen molar-refractivity contribution in [1.82, 2.24) is 10.2 Å². The van der Waals surface area contributed by atoms with E-state index in [1.165, 1.54) is 25.6 Å². The van der Waals surface area contributed by atoms with Crippen molar-refractivity contribution in [3.8, 4) is 11.5 Å². The Morgan fingerprint density at radius 1 is 1.05 bits per heavy atom. The standard InChI is InChI=1S/C28H30N2O6S/c1-28(2,3)36-27(33)30-11-10-16(13-30)29-12-15-14-37-26-19(15)24(34-4)20-21(25(26)35-5)23(32)18-9-7-6-8-17(18)22(20)31/h6-9,14,16,29H,10-13H2,1-5H3. The van der Waals surface area contributed by atoms with E-state index in [0.29, 0.717) is 42.3 Å². The van der Waals surface area contributed by atoms with E-state index < -0.39 is 5.60 Å². The zero-order chi connectivity index (χ0) is 26.5. The Morgan fingerprint density at radius 2 is 1.68 bits per heavy atom. The molecule has 2 aromatic carbocycles. The van der Waals surface area contributed by atoms with Gasteiger partial charge in [-0.15, -0.1) is 11.3 Å². The van der Waals surface area contributed by atoms with Gasteiger partial charge in [0, 0.05) is 42.2 Å². The first kappa shape index (κ1) is 25.2. The van der Waals surface area contributed by atoms with Crippen molar-refractivity contribution < 1.29 is 28.6 Å². The zero-order valence-corrected chi connectivity index (χ0v) is 22.4. The number of carbonyl (C=O) groups is 3. The summed E-state index contributed by atoms with van der Waals surface area (Å²) < 4.78 is 17.8. The highest BCUT2D eigenvalue weighted by Crippen LogP contribution is 2.48. The van der Waals surface area contributed by atoms with Crippen molar-refractivity contribution in [3.63, 3.8) is 0 Å². The number of benzene rings is 2. The Balaban J connectivity index is 1.47. The number of carbonyl (C=O) groups excluding carboxylic acids is 3. The van der Waals surface area contributed by atoms with Gasteiger partial charge in [-0.1, -0.05) is 24.3 Å². The molecule has 2 aliphatic rings. The molecule has 3 aromatic rings. The Labute approximate surface area is 219 Å². The average molecular weight is 523 g/mol. The Bertz CT molecular complexity index is 1420. The summed E-state index contributed by atoms with van der Waals surface area (Å²) in [6.07, 6.45) is 0.500. The van der Waals surface area contributed by atoms with Gasteiger partial charge in [0.1, 0.15) is 17.1 Å². The van der Waals surface area contributed by atoms with Crippen LogP contribution in [-0.4, -0.2) is 61.5 Å². The summed E-state index contributed by atoms with van der Waals surface area (Å²) in [6.45, 7) is 7.25. The van der Waals surface area contributed by atoms with E-state index in [4.69, 9.17) is 14.2 Å². The fourth-order valence-electron chi connectivity index (χ4n) is 5.06. The quantitative estimate of drug-likeness (QED) is 0.403. The number of hydrogen-bond donors (Lipinski definition) is 1. The summed E-state index contributed by atoms with van der Waals surface area (Å²) in [5.41, 5.74) is 1.63. The van der Waals surface area contributed by atoms with Crippen molar-refractivity contribution in [2.75, 3.05) is 27.3 Å². The molecule has 0 spiro atoms. The summed E-state index contributed by atoms with van der Waals surface area (Å²) in [4.78, 5) is 41.2. The molecule has 0 saturated carbocycles. The predicted octanol–water partition coefficient (Wildman–Crippen LogP) is 4.79. The van der Waals surface area contributed by atoms with Crippen LogP contribution in [0.5, 0.6) is 11.5 Å². The van der Waals surface area contributed by atoms with Gasteiger partial charge in [-0.05, 0) is 38.1 Å². The highest BCUT2D eigenvalue weighted by atomic mass is 32.1. The first-order valence-electron chi connectivity index (χ1n) is 12.2. The second-order valence-corrected chi connectivity index (χ2v) is 11.2. The third-order valence-electron chi connectivity index (χ3n) is 6.70. The molecule has 9 heteroatoms. The first-order valence-corrected chi connectivity index (χ1v) is 13.1. The van der Waals surface area contributed by atoms with Gasteiger partial charge in [-0.2, -0.15) is 0 Å². The van der Waals surface area contributed by atoms with Crippen molar-refractivity contribution >= 4 is 39.1 Å². The molecule has 1 fully saturated rings. The van der Waals surface area contributed by atoms with E-state index >= 15 is 0 Å². The number of nitrogens with one attached hydrogen (secondary N) is 1. The lowest BCUT2D eigenvalue weighted by molar-refractivity contribution is 0.0290. The molecule has 1 aromatic heterocycles. The molecule has 1 aliphatic carbocycles. The van der Waals surface area contributed by atoms with Crippen LogP contribution < -0.4 is 14.8 Å². The van der Waals surface area contributed by atoms with Gasteiger partial charge >= 0.3 is 6.09 Å². The molecule has 0 radical (unpaired) electrons. The largest absolute Gasteiger partial charge is 0.495 e. The number of thiophene rings is 1. The molecule has 1 saturated heterocycles. The van der Waals surface area contributed by atoms with Crippen LogP contribution in [0.25, 0.3) is 10.1 Å². The molecule has 1 atom stereocenters. The topological polar surface area (TPSA) is 94.2 Å². The molecular formula is C28H30N2O6S. The van der Waals surface area contributed by atoms with Crippen LogP contribution in [0.3, 0.4) is 0 Å². The molecular weight excluding hydrogens is 492 g/mol. The van der Waals surface area contributed by atoms with Crippen molar-refractivity contribution in [2.45, 2.75) is 45.4 Å². The number of hydrogen-bond acceptors (Lipinski definition) is 8. The monoisotopic (exact) mass is 522 g/mol. The molecule has 5 rings (SSSR count). The molecule has 37 heavy (non-hydrogen) atoms. The van der Waals surface area contributed by atoms with Crippen molar-refractivity contribution in [3.05, 3.63) is 57.5 Å². The fraction of sp³-hybridized carbons (Fsp3) is 0.393. The number of likely N-dealkylation sites (tertiary alicyclic amines) is 1. The van der Waals surface area contributed by atoms with Gasteiger partial charge in [0.15, 0.2) is 11.6 Å². The number of methoxy groups -OCH3 is 2. The first-order chi connectivity index (χ1) is 17.6. The Kier molecular flexibility index (Phi) is 6.45. The van der Waals surface area contributed by atoms with Crippen molar-refractivity contribution in [2.24, 2.45) is 0 Å². The maximum absolute atomic E-state index is 13.6. The molecule has 8 nitrogen and oxygen atoms in total. The number of amides is 1. The second-order valence-electron chi connectivity index (χ2n) is 10.3. The van der Waals surface area contributed by atoms with Crippen LogP contribution in [0.15, 0.2) is 29.6 Å². The summed E-state index contributed by atoms with van der Waals surface area (Å²) >= 11 is 1.45. The van der Waals surface area contributed by atoms with Crippen LogP contribution in [0, 0.1) is 0 Å². The van der Waals surface area contributed by atoms with E-state index in [1.807, 2.05) is 26.2 Å². The smallest absolute Gasteiger partial charge is 0.410 e. The molecule has 194 valence electrons. The highest BCUT2D eigenvalue weighted by Gasteiger charge is 2.38. The van der Waals surface area contributed by atoms with Crippen LogP contribution in [0.2, 0.25) is 0 Å². The lowest BCUT2D eigenvalue weighted by Gasteiger charge is -2.24. The molecule has 1 unspecified atom stereocenters. The molecule has 0 bridgehead atoms. The van der Waals surface area contributed by atoms with Gasteiger partial charge in [0.2, 0.25) is 0 Å². The third-order valence-corrected chi connectivity index (χ3v) is 7.73. The van der Waals surface area contributed by atoms with Gasteiger partial charge in [-0.3, -0.25) is 9.59 Å². The zero-order valence-electron chi connectivity index (χ0n) is 21.6. The van der Waals surface area contributed by atoms with Crippen LogP contribution >= 0.6 is 11.3 Å². The molecule has 1 aliphatic heterocycles. The Morgan fingerprint density at radius 3 is 2.27 bits per heavy atom. The van der Waals surface area contributed by atoms with E-state index in [0.717, 1.165) is 22.1 Å². The summed E-state index contributed by atoms with van der Waals surface area (Å²) in [7, 11) is 3.03. The number of nitrogens with zero attached hydrogens (tertiary/aromatic N) is 1. The second kappa shape index (κ2) is 9.46. The predicted molar refractivity (Wildman–Crippen MR) is 141 cm³/mol. The third kappa shape index (κ3) is 4.36. The minimum Gasteiger partial charge on any atom is -0.495 e. The van der Waals surface area contributed by atoms with E-state index in [1.54, 1.807) is 29.2 Å². The number of ether oxygens (including phenoxy) is 3. The maximum Gasteiger partial charge on any atom is 0.410 e. The molecule has 1 amide bonds. The minimum absolute atomic E-state index is 0.100. The van der Waals surface area contributed by atoms with Gasteiger partial charge < -0.3 is 24.4 Å². The lowest BCUT2D eigenvalue weighted by atomic mass is 9.82. The summed E-state index contributed by atoms with van der Waals surface area (Å²) in [5, 5.41) is 6.30. The maximum atomic E-state index is 13.6. The number of rotatable bonds is 5. The summed E-state index contributed by atoms with van der Waals surface area (Å²) in [5.74, 6) is 0.282. The van der Waals surface area contributed by atoms with Gasteiger partial charge in [0.25, 0.3) is 0 Å². The summed E-state index contributed by atoms with van der Waals surface area (Å²) in [6, 6.07) is 6.93. The molecule has 1 N–H and O–H groups in total. The number of ketones is 2. The average Bonchev–Trinajstić information content (AvgIpc) is 3.51. The Hall–Kier alpha value is -3.43. The highest BCUT2D eigenvalue weighted by molar-refractivity contribution is 7.18. The van der Waals surface area contributed by atoms with Crippen LogP contribution in [-0.2, 0) is 11.3 Å². The van der Waals surface area contributed by atoms with E-state index in [-0.39, 0.29) is 34.8 Å². The van der Waals surface area contributed by atoms with E-state index in [9.17, 15) is 14.4 Å².